The van der Waals surface area contributed by atoms with Crippen LogP contribution in [0.15, 0.2) is 72.3 Å². The number of sulfone groups is 1. The van der Waals surface area contributed by atoms with E-state index in [1.807, 2.05) is 58.7 Å². The molecule has 3 atom stereocenters. The van der Waals surface area contributed by atoms with Crippen molar-refractivity contribution in [3.05, 3.63) is 107 Å². The summed E-state index contributed by atoms with van der Waals surface area (Å²) in [4.78, 5) is 80.0. The van der Waals surface area contributed by atoms with E-state index in [0.29, 0.717) is 120 Å². The lowest BCUT2D eigenvalue weighted by Crippen LogP contribution is -2.65. The van der Waals surface area contributed by atoms with Crippen LogP contribution in [0.1, 0.15) is 114 Å². The number of hydrogen-bond donors (Lipinski definition) is 2. The zero-order chi connectivity index (χ0) is 62.3. The Labute approximate surface area is 510 Å². The molecule has 6 aromatic rings. The van der Waals surface area contributed by atoms with E-state index in [1.54, 1.807) is 67.2 Å². The van der Waals surface area contributed by atoms with Gasteiger partial charge in [-0.25, -0.2) is 37.5 Å². The molecule has 3 fully saturated rings. The van der Waals surface area contributed by atoms with Gasteiger partial charge in [0.1, 0.15) is 45.7 Å². The van der Waals surface area contributed by atoms with Gasteiger partial charge in [-0.1, -0.05) is 26.0 Å². The largest absolute Gasteiger partial charge is 0.492 e. The number of carbonyl (C=O) groups is 3. The van der Waals surface area contributed by atoms with Crippen molar-refractivity contribution in [1.82, 2.24) is 59.6 Å². The van der Waals surface area contributed by atoms with Gasteiger partial charge >= 0.3 is 6.09 Å². The van der Waals surface area contributed by atoms with Gasteiger partial charge in [0, 0.05) is 131 Å². The van der Waals surface area contributed by atoms with E-state index in [4.69, 9.17) is 19.4 Å². The van der Waals surface area contributed by atoms with Crippen LogP contribution < -0.4 is 19.9 Å². The Morgan fingerprint density at radius 1 is 0.816 bits per heavy atom. The van der Waals surface area contributed by atoms with Crippen molar-refractivity contribution >= 4 is 61.8 Å². The molecule has 0 bridgehead atoms. The minimum Gasteiger partial charge on any atom is -0.492 e. The van der Waals surface area contributed by atoms with Crippen LogP contribution in [-0.4, -0.2) is 206 Å². The van der Waals surface area contributed by atoms with Crippen molar-refractivity contribution in [1.29, 1.82) is 0 Å². The normalized spacial score (nSPS) is 19.8. The number of fused-ring (bicyclic) bond motifs is 2. The lowest BCUT2D eigenvalue weighted by molar-refractivity contribution is -0.121. The number of anilines is 4. The molecule has 4 aliphatic rings. The van der Waals surface area contributed by atoms with Gasteiger partial charge in [0.15, 0.2) is 15.7 Å². The molecule has 0 saturated carbocycles. The number of halogens is 1. The molecule has 0 radical (unpaired) electrons. The highest BCUT2D eigenvalue weighted by molar-refractivity contribution is 7.92. The van der Waals surface area contributed by atoms with E-state index in [-0.39, 0.29) is 76.8 Å². The lowest BCUT2D eigenvalue weighted by Gasteiger charge is -2.48. The lowest BCUT2D eigenvalue weighted by atomic mass is 9.91. The second-order valence-corrected chi connectivity index (χ2v) is 29.1. The number of piperazine rings is 3. The molecule has 0 unspecified atom stereocenters. The molecule has 8 heterocycles. The number of ether oxygens (including phenoxy) is 2. The van der Waals surface area contributed by atoms with E-state index in [0.717, 1.165) is 33.8 Å². The van der Waals surface area contributed by atoms with Crippen LogP contribution in [0, 0.1) is 19.7 Å². The number of hydrogen-bond acceptors (Lipinski definition) is 18. The van der Waals surface area contributed by atoms with Crippen LogP contribution in [-0.2, 0) is 31.2 Å². The number of H-pyrrole nitrogens is 1. The molecule has 3 amide bonds. The van der Waals surface area contributed by atoms with Crippen LogP contribution in [0.3, 0.4) is 0 Å². The third-order valence-corrected chi connectivity index (χ3v) is 19.7. The number of nitrogens with zero attached hydrogens (tertiary/aromatic N) is 13. The molecule has 466 valence electrons. The SMILES string of the molecule is Cc1[nH]nc(Nc2ncnc3cc(OCCCN4CCN(C(=O)c5cnc(N6CCN(C[C@H]7CN(C(=O)OC(C)(C)C)[C@H](C)CN7CC(=O)N7CC(C)(C)c8ncc(Cc9ccc(F)cc9)cc87)[C@H](C)C6)cn5)CC4)c(S(=O)(=O)C(C)(C)C)cc23)c1C. The summed E-state index contributed by atoms with van der Waals surface area (Å²) in [6.07, 6.45) is 7.33. The minimum absolute atomic E-state index is 0.0342. The highest BCUT2D eigenvalue weighted by Gasteiger charge is 2.44. The van der Waals surface area contributed by atoms with E-state index in [1.165, 1.54) is 18.5 Å². The first-order valence-electron chi connectivity index (χ1n) is 30.2. The number of benzene rings is 2. The number of rotatable bonds is 16. The van der Waals surface area contributed by atoms with E-state index >= 15 is 0 Å². The van der Waals surface area contributed by atoms with E-state index in [9.17, 15) is 27.2 Å². The van der Waals surface area contributed by atoms with Crippen molar-refractivity contribution in [2.24, 2.45) is 0 Å². The number of pyridine rings is 1. The van der Waals surface area contributed by atoms with Crippen molar-refractivity contribution < 1.29 is 36.7 Å². The highest BCUT2D eigenvalue weighted by Crippen LogP contribution is 2.41. The molecular formula is C63H84FN15O7S. The number of carbonyl (C=O) groups excluding carboxylic acids is 3. The monoisotopic (exact) mass is 1210 g/mol. The van der Waals surface area contributed by atoms with Crippen molar-refractivity contribution in [3.63, 3.8) is 0 Å². The van der Waals surface area contributed by atoms with Gasteiger partial charge in [-0.3, -0.25) is 34.4 Å². The van der Waals surface area contributed by atoms with Gasteiger partial charge in [-0.2, -0.15) is 5.10 Å². The number of nitrogens with one attached hydrogen (secondary N) is 2. The van der Waals surface area contributed by atoms with E-state index in [2.05, 4.69) is 70.8 Å². The second-order valence-electron chi connectivity index (χ2n) is 26.4. The van der Waals surface area contributed by atoms with Crippen LogP contribution in [0.2, 0.25) is 0 Å². The summed E-state index contributed by atoms with van der Waals surface area (Å²) < 4.78 is 52.9. The van der Waals surface area contributed by atoms with Crippen LogP contribution in [0.25, 0.3) is 10.9 Å². The first-order valence-corrected chi connectivity index (χ1v) is 31.7. The van der Waals surface area contributed by atoms with Crippen LogP contribution >= 0.6 is 0 Å². The zero-order valence-corrected chi connectivity index (χ0v) is 53.2. The topological polar surface area (TPSA) is 232 Å². The summed E-state index contributed by atoms with van der Waals surface area (Å²) in [7, 11) is -3.85. The Balaban J connectivity index is 0.728. The highest BCUT2D eigenvalue weighted by atomic mass is 32.2. The Morgan fingerprint density at radius 2 is 1.56 bits per heavy atom. The molecule has 0 aliphatic carbocycles. The fourth-order valence-electron chi connectivity index (χ4n) is 11.9. The summed E-state index contributed by atoms with van der Waals surface area (Å²) in [6.45, 7) is 30.2. The predicted octanol–water partition coefficient (Wildman–Crippen LogP) is 7.57. The first kappa shape index (κ1) is 62.6. The molecule has 4 aliphatic heterocycles. The van der Waals surface area contributed by atoms with Crippen LogP contribution in [0.4, 0.5) is 32.3 Å². The van der Waals surface area contributed by atoms with E-state index < -0.39 is 20.2 Å². The molecule has 10 rings (SSSR count). The summed E-state index contributed by atoms with van der Waals surface area (Å²) in [6, 6.07) is 11.4. The average Bonchev–Trinajstić information content (AvgIpc) is 2.05. The fourth-order valence-corrected chi connectivity index (χ4v) is 13.2. The third-order valence-electron chi connectivity index (χ3n) is 17.2. The van der Waals surface area contributed by atoms with Crippen molar-refractivity contribution in [2.45, 2.75) is 135 Å². The van der Waals surface area contributed by atoms with Crippen molar-refractivity contribution in [2.75, 3.05) is 107 Å². The molecule has 2 N–H and O–H groups in total. The zero-order valence-electron chi connectivity index (χ0n) is 52.4. The number of aromatic nitrogens is 7. The summed E-state index contributed by atoms with van der Waals surface area (Å²) in [5, 5.41) is 11.1. The maximum Gasteiger partial charge on any atom is 0.410 e. The number of amides is 3. The maximum absolute atomic E-state index is 14.7. The number of aryl methyl sites for hydroxylation is 1. The molecule has 2 aromatic carbocycles. The Kier molecular flexibility index (Phi) is 18.0. The average molecular weight is 1210 g/mol. The summed E-state index contributed by atoms with van der Waals surface area (Å²) in [5.74, 6) is 1.43. The molecule has 22 nitrogen and oxygen atoms in total. The second kappa shape index (κ2) is 25.0. The Bertz CT molecular complexity index is 3600. The maximum atomic E-state index is 14.7. The smallest absolute Gasteiger partial charge is 0.410 e. The van der Waals surface area contributed by atoms with Gasteiger partial charge in [0.25, 0.3) is 5.91 Å². The molecule has 3 saturated heterocycles. The van der Waals surface area contributed by atoms with Gasteiger partial charge < -0.3 is 34.4 Å². The fraction of sp³-hybridized carbons (Fsp3) is 0.540. The molecule has 24 heteroatoms. The first-order chi connectivity index (χ1) is 41.1. The predicted molar refractivity (Wildman–Crippen MR) is 332 cm³/mol. The summed E-state index contributed by atoms with van der Waals surface area (Å²) in [5.41, 5.74) is 5.14. The van der Waals surface area contributed by atoms with Crippen molar-refractivity contribution in [3.8, 4) is 5.75 Å². The standard InChI is InChI=1S/C63H84FN15O7S/c1-40-33-76(24-23-75(40)35-47-36-78(60(82)86-61(5,6)7)41(2)34-77(47)37-55(80)79-38-63(11,12)56-51(79)27-45(30-67-56)26-44-14-16-46(64)17-15-44)54-32-65-50(31-66-54)59(81)74-21-19-73(20-22-74)18-13-25-85-52-29-49-48(28-53(52)87(83,84)62(8,9)10)58(69-39-68-49)70-57-42(3)43(4)71-72-57/h14-17,27-32,39-41,47H,13,18-26,33-38H2,1-12H3,(H2,68,69,70,71,72)/t40-,41-,47+/m1/s1. The molecule has 4 aromatic heterocycles. The summed E-state index contributed by atoms with van der Waals surface area (Å²) >= 11 is 0. The van der Waals surface area contributed by atoms with Crippen LogP contribution in [0.5, 0.6) is 5.75 Å². The minimum atomic E-state index is -3.85. The third kappa shape index (κ3) is 14.0. The molecule has 87 heavy (non-hydrogen) atoms. The molecule has 0 spiro atoms. The van der Waals surface area contributed by atoms with Gasteiger partial charge in [0.2, 0.25) is 5.91 Å². The number of aromatic amines is 1. The van der Waals surface area contributed by atoms with Gasteiger partial charge in [-0.15, -0.1) is 0 Å². The quantitative estimate of drug-likeness (QED) is 0.0890. The molecular weight excluding hydrogens is 1130 g/mol. The Morgan fingerprint density at radius 3 is 2.23 bits per heavy atom. The van der Waals surface area contributed by atoms with Gasteiger partial charge in [-0.05, 0) is 117 Å². The van der Waals surface area contributed by atoms with Gasteiger partial charge in [0.05, 0.1) is 47.2 Å². The Hall–Kier alpha value is -7.41.